The third kappa shape index (κ3) is 7.29. The van der Waals surface area contributed by atoms with Crippen molar-refractivity contribution < 1.29 is 18.3 Å². The highest BCUT2D eigenvalue weighted by atomic mass is 32.2. The molecule has 0 radical (unpaired) electrons. The van der Waals surface area contributed by atoms with Crippen molar-refractivity contribution in [2.75, 3.05) is 13.1 Å². The summed E-state index contributed by atoms with van der Waals surface area (Å²) in [7, 11) is -3.40. The Morgan fingerprint density at radius 3 is 2.47 bits per heavy atom. The maximum Gasteiger partial charge on any atom is 0.306 e. The SMILES string of the molecule is CCNS(=O)(=O)NCCCC(C)C(=O)O. The summed E-state index contributed by atoms with van der Waals surface area (Å²) in [5.74, 6) is -1.29. The Labute approximate surface area is 90.2 Å². The van der Waals surface area contributed by atoms with E-state index in [-0.39, 0.29) is 6.54 Å². The zero-order chi connectivity index (χ0) is 11.9. The third-order valence-corrected chi connectivity index (χ3v) is 3.11. The molecule has 0 saturated heterocycles. The van der Waals surface area contributed by atoms with Gasteiger partial charge < -0.3 is 5.11 Å². The number of nitrogens with one attached hydrogen (secondary N) is 2. The minimum Gasteiger partial charge on any atom is -0.481 e. The molecule has 3 N–H and O–H groups in total. The van der Waals surface area contributed by atoms with Gasteiger partial charge in [0, 0.05) is 13.1 Å². The highest BCUT2D eigenvalue weighted by Gasteiger charge is 2.11. The lowest BCUT2D eigenvalue weighted by Gasteiger charge is -2.08. The van der Waals surface area contributed by atoms with Crippen LogP contribution in [0.5, 0.6) is 0 Å². The van der Waals surface area contributed by atoms with E-state index in [1.54, 1.807) is 13.8 Å². The van der Waals surface area contributed by atoms with E-state index >= 15 is 0 Å². The normalized spacial score (nSPS) is 13.7. The largest absolute Gasteiger partial charge is 0.481 e. The van der Waals surface area contributed by atoms with Crippen molar-refractivity contribution in [1.29, 1.82) is 0 Å². The van der Waals surface area contributed by atoms with E-state index in [4.69, 9.17) is 5.11 Å². The maximum absolute atomic E-state index is 11.1. The van der Waals surface area contributed by atoms with E-state index in [2.05, 4.69) is 9.44 Å². The fourth-order valence-electron chi connectivity index (χ4n) is 0.979. The predicted octanol–water partition coefficient (Wildman–Crippen LogP) is -0.0688. The molecule has 0 heterocycles. The summed E-state index contributed by atoms with van der Waals surface area (Å²) in [5, 5.41) is 8.57. The molecule has 1 atom stereocenters. The molecule has 1 unspecified atom stereocenters. The van der Waals surface area contributed by atoms with Crippen LogP contribution in [0.2, 0.25) is 0 Å². The van der Waals surface area contributed by atoms with Crippen LogP contribution in [0.25, 0.3) is 0 Å². The smallest absolute Gasteiger partial charge is 0.306 e. The van der Waals surface area contributed by atoms with Gasteiger partial charge in [-0.05, 0) is 12.8 Å². The minimum absolute atomic E-state index is 0.257. The molecule has 6 nitrogen and oxygen atoms in total. The first-order valence-corrected chi connectivity index (χ1v) is 6.34. The second-order valence-electron chi connectivity index (χ2n) is 3.28. The first-order valence-electron chi connectivity index (χ1n) is 4.86. The number of hydrogen-bond acceptors (Lipinski definition) is 3. The van der Waals surface area contributed by atoms with Gasteiger partial charge in [0.25, 0.3) is 10.2 Å². The molecule has 0 rings (SSSR count). The molecular weight excluding hydrogens is 220 g/mol. The zero-order valence-electron chi connectivity index (χ0n) is 8.99. The van der Waals surface area contributed by atoms with Gasteiger partial charge in [-0.15, -0.1) is 0 Å². The van der Waals surface area contributed by atoms with Gasteiger partial charge in [0.15, 0.2) is 0 Å². The van der Waals surface area contributed by atoms with Crippen molar-refractivity contribution in [2.24, 2.45) is 5.92 Å². The second kappa shape index (κ2) is 6.76. The van der Waals surface area contributed by atoms with Crippen LogP contribution in [0.3, 0.4) is 0 Å². The van der Waals surface area contributed by atoms with Crippen LogP contribution in [-0.2, 0) is 15.0 Å². The molecule has 7 heteroatoms. The highest BCUT2D eigenvalue weighted by molar-refractivity contribution is 7.87. The monoisotopic (exact) mass is 238 g/mol. The summed E-state index contributed by atoms with van der Waals surface area (Å²) in [6, 6.07) is 0. The summed E-state index contributed by atoms with van der Waals surface area (Å²) in [6.07, 6.45) is 0.974. The highest BCUT2D eigenvalue weighted by Crippen LogP contribution is 2.04. The lowest BCUT2D eigenvalue weighted by Crippen LogP contribution is -2.36. The van der Waals surface area contributed by atoms with E-state index < -0.39 is 22.1 Å². The van der Waals surface area contributed by atoms with Crippen LogP contribution in [0, 0.1) is 5.92 Å². The van der Waals surface area contributed by atoms with E-state index in [1.807, 2.05) is 0 Å². The van der Waals surface area contributed by atoms with Crippen LogP contribution in [0.15, 0.2) is 0 Å². The fraction of sp³-hybridized carbons (Fsp3) is 0.875. The lowest BCUT2D eigenvalue weighted by molar-refractivity contribution is -0.141. The van der Waals surface area contributed by atoms with Gasteiger partial charge in [0.05, 0.1) is 5.92 Å². The van der Waals surface area contributed by atoms with Gasteiger partial charge in [-0.3, -0.25) is 4.79 Å². The molecular formula is C8H18N2O4S. The Morgan fingerprint density at radius 1 is 1.40 bits per heavy atom. The molecule has 90 valence electrons. The molecule has 0 aromatic carbocycles. The minimum atomic E-state index is -3.40. The van der Waals surface area contributed by atoms with Crippen LogP contribution < -0.4 is 9.44 Å². The van der Waals surface area contributed by atoms with Crippen LogP contribution in [0.1, 0.15) is 26.7 Å². The summed E-state index contributed by atoms with van der Waals surface area (Å²) in [5.41, 5.74) is 0. The summed E-state index contributed by atoms with van der Waals surface area (Å²) < 4.78 is 26.7. The van der Waals surface area contributed by atoms with Crippen molar-refractivity contribution >= 4 is 16.2 Å². The Bertz CT molecular complexity index is 289. The molecule has 0 bridgehead atoms. The van der Waals surface area contributed by atoms with Crippen molar-refractivity contribution in [3.05, 3.63) is 0 Å². The van der Waals surface area contributed by atoms with Crippen LogP contribution in [-0.4, -0.2) is 32.6 Å². The average molecular weight is 238 g/mol. The molecule has 0 aliphatic heterocycles. The molecule has 0 aliphatic carbocycles. The standard InChI is InChI=1S/C8H18N2O4S/c1-3-9-15(13,14)10-6-4-5-7(2)8(11)12/h7,9-10H,3-6H2,1-2H3,(H,11,12). The predicted molar refractivity (Wildman–Crippen MR) is 56.6 cm³/mol. The van der Waals surface area contributed by atoms with E-state index in [1.165, 1.54) is 0 Å². The molecule has 0 amide bonds. The Kier molecular flexibility index (Phi) is 6.46. The molecule has 0 aromatic rings. The van der Waals surface area contributed by atoms with Gasteiger partial charge in [0.2, 0.25) is 0 Å². The number of carboxylic acids is 1. The van der Waals surface area contributed by atoms with Crippen molar-refractivity contribution in [2.45, 2.75) is 26.7 Å². The maximum atomic E-state index is 11.1. The van der Waals surface area contributed by atoms with Gasteiger partial charge in [0.1, 0.15) is 0 Å². The fourth-order valence-corrected chi connectivity index (χ4v) is 1.87. The Hall–Kier alpha value is -0.660. The number of aliphatic carboxylic acids is 1. The van der Waals surface area contributed by atoms with Crippen molar-refractivity contribution in [3.8, 4) is 0 Å². The number of rotatable bonds is 8. The molecule has 0 saturated carbocycles. The quantitative estimate of drug-likeness (QED) is 0.516. The Balaban J connectivity index is 3.67. The van der Waals surface area contributed by atoms with Crippen LogP contribution in [0.4, 0.5) is 0 Å². The molecule has 15 heavy (non-hydrogen) atoms. The van der Waals surface area contributed by atoms with Crippen molar-refractivity contribution in [1.82, 2.24) is 9.44 Å². The van der Waals surface area contributed by atoms with Crippen LogP contribution >= 0.6 is 0 Å². The first-order chi connectivity index (χ1) is 6.89. The third-order valence-electron chi connectivity index (χ3n) is 1.86. The average Bonchev–Trinajstić information content (AvgIpc) is 2.11. The summed E-state index contributed by atoms with van der Waals surface area (Å²) in [6.45, 7) is 3.88. The van der Waals surface area contributed by atoms with Gasteiger partial charge in [-0.25, -0.2) is 9.44 Å². The van der Waals surface area contributed by atoms with Crippen molar-refractivity contribution in [3.63, 3.8) is 0 Å². The topological polar surface area (TPSA) is 95.5 Å². The van der Waals surface area contributed by atoms with E-state index in [0.717, 1.165) is 0 Å². The lowest BCUT2D eigenvalue weighted by atomic mass is 10.1. The first kappa shape index (κ1) is 14.3. The number of carboxylic acid groups (broad SMARTS) is 1. The summed E-state index contributed by atoms with van der Waals surface area (Å²) in [4.78, 5) is 10.4. The number of carbonyl (C=O) groups is 1. The molecule has 0 spiro atoms. The Morgan fingerprint density at radius 2 is 2.00 bits per heavy atom. The zero-order valence-corrected chi connectivity index (χ0v) is 9.80. The molecule has 0 aliphatic rings. The molecule has 0 fully saturated rings. The van der Waals surface area contributed by atoms with Gasteiger partial charge in [-0.2, -0.15) is 8.42 Å². The summed E-state index contributed by atoms with van der Waals surface area (Å²) >= 11 is 0. The second-order valence-corrected chi connectivity index (χ2v) is 4.86. The van der Waals surface area contributed by atoms with E-state index in [9.17, 15) is 13.2 Å². The van der Waals surface area contributed by atoms with Gasteiger partial charge >= 0.3 is 5.97 Å². The number of hydrogen-bond donors (Lipinski definition) is 3. The molecule has 0 aromatic heterocycles. The van der Waals surface area contributed by atoms with E-state index in [0.29, 0.717) is 19.4 Å². The van der Waals surface area contributed by atoms with Gasteiger partial charge in [-0.1, -0.05) is 13.8 Å².